The highest BCUT2D eigenvalue weighted by Gasteiger charge is 2.27. The maximum atomic E-state index is 10.5. The lowest BCUT2D eigenvalue weighted by atomic mass is 10.0. The number of alkyl halides is 1. The van der Waals surface area contributed by atoms with Crippen LogP contribution in [0.2, 0.25) is 0 Å². The Morgan fingerprint density at radius 1 is 0.852 bits per heavy atom. The van der Waals surface area contributed by atoms with Gasteiger partial charge in [-0.05, 0) is 12.8 Å². The van der Waals surface area contributed by atoms with Gasteiger partial charge in [0.2, 0.25) is 0 Å². The second-order valence-corrected chi connectivity index (χ2v) is 9.33. The van der Waals surface area contributed by atoms with Gasteiger partial charge in [0.15, 0.2) is 0 Å². The van der Waals surface area contributed by atoms with Crippen molar-refractivity contribution in [2.45, 2.75) is 128 Å². The molecule has 0 saturated heterocycles. The van der Waals surface area contributed by atoms with Crippen LogP contribution < -0.4 is 0 Å². The molecule has 1 N–H and O–H groups in total. The third-order valence-corrected chi connectivity index (χ3v) is 6.12. The monoisotopic (exact) mass is 444 g/mol. The first-order chi connectivity index (χ1) is 13.2. The van der Waals surface area contributed by atoms with Crippen molar-refractivity contribution in [3.63, 3.8) is 0 Å². The van der Waals surface area contributed by atoms with Crippen LogP contribution in [0.5, 0.6) is 0 Å². The summed E-state index contributed by atoms with van der Waals surface area (Å²) in [5, 5.41) is 10.5. The normalized spacial score (nSPS) is 18.1. The molecular weight excluding hydrogens is 400 g/mol. The molecule has 2 unspecified atom stereocenters. The van der Waals surface area contributed by atoms with Crippen LogP contribution in [-0.2, 0) is 0 Å². The van der Waals surface area contributed by atoms with E-state index in [0.29, 0.717) is 0 Å². The molecule has 1 aliphatic heterocycles. The fraction of sp³-hybridized carbons (Fsp3) is 0.957. The van der Waals surface area contributed by atoms with Crippen LogP contribution in [0, 0.1) is 0 Å². The van der Waals surface area contributed by atoms with Gasteiger partial charge in [0.05, 0.1) is 6.54 Å². The predicted molar refractivity (Wildman–Crippen MR) is 123 cm³/mol. The number of halogens is 1. The summed E-state index contributed by atoms with van der Waals surface area (Å²) in [6.45, 7) is 6.42. The van der Waals surface area contributed by atoms with Gasteiger partial charge in [0, 0.05) is 6.54 Å². The van der Waals surface area contributed by atoms with Crippen molar-refractivity contribution in [3.05, 3.63) is 0 Å². The minimum Gasteiger partial charge on any atom is -0.385 e. The molecule has 0 aromatic carbocycles. The smallest absolute Gasteiger partial charge is 0.129 e. The third kappa shape index (κ3) is 12.2. The first-order valence-electron chi connectivity index (χ1n) is 11.8. The number of rotatable bonds is 18. The largest absolute Gasteiger partial charge is 0.385 e. The maximum absolute atomic E-state index is 10.5. The van der Waals surface area contributed by atoms with Crippen LogP contribution in [0.4, 0.5) is 0 Å². The Hall–Kier alpha value is -0.0900. The van der Waals surface area contributed by atoms with E-state index in [2.05, 4.69) is 39.7 Å². The average Bonchev–Trinajstić information content (AvgIpc) is 3.04. The maximum Gasteiger partial charge on any atom is 0.129 e. The SMILES string of the molecule is CCCCCCCCCCCCCCCC(O)C1=NC(Br)CN1CCCC. The topological polar surface area (TPSA) is 35.8 Å². The molecule has 0 bridgehead atoms. The van der Waals surface area contributed by atoms with Crippen LogP contribution in [0.25, 0.3) is 0 Å². The Kier molecular flexibility index (Phi) is 15.5. The lowest BCUT2D eigenvalue weighted by Gasteiger charge is -2.23. The van der Waals surface area contributed by atoms with Crippen LogP contribution in [0.3, 0.4) is 0 Å². The van der Waals surface area contributed by atoms with Gasteiger partial charge in [-0.3, -0.25) is 4.99 Å². The predicted octanol–water partition coefficient (Wildman–Crippen LogP) is 7.06. The number of unbranched alkanes of at least 4 members (excludes halogenated alkanes) is 13. The molecule has 0 aromatic rings. The van der Waals surface area contributed by atoms with E-state index >= 15 is 0 Å². The summed E-state index contributed by atoms with van der Waals surface area (Å²) in [6.07, 6.45) is 20.6. The molecule has 0 radical (unpaired) electrons. The summed E-state index contributed by atoms with van der Waals surface area (Å²) >= 11 is 3.58. The number of aliphatic imine (C=N–C) groups is 1. The first-order valence-corrected chi connectivity index (χ1v) is 12.7. The molecule has 1 heterocycles. The zero-order valence-electron chi connectivity index (χ0n) is 18.1. The van der Waals surface area contributed by atoms with Crippen molar-refractivity contribution in [1.82, 2.24) is 4.90 Å². The molecule has 1 aliphatic rings. The summed E-state index contributed by atoms with van der Waals surface area (Å²) in [7, 11) is 0. The number of hydrogen-bond acceptors (Lipinski definition) is 3. The summed E-state index contributed by atoms with van der Waals surface area (Å²) in [6, 6.07) is 0. The highest BCUT2D eigenvalue weighted by atomic mass is 79.9. The van der Waals surface area contributed by atoms with E-state index in [9.17, 15) is 5.11 Å². The molecule has 0 spiro atoms. The van der Waals surface area contributed by atoms with Gasteiger partial charge in [-0.15, -0.1) is 0 Å². The summed E-state index contributed by atoms with van der Waals surface area (Å²) in [5.74, 6) is 0.921. The first kappa shape index (κ1) is 24.9. The van der Waals surface area contributed by atoms with Gasteiger partial charge in [-0.2, -0.15) is 0 Å². The van der Waals surface area contributed by atoms with E-state index in [1.165, 1.54) is 89.9 Å². The molecule has 3 nitrogen and oxygen atoms in total. The number of nitrogens with zero attached hydrogens (tertiary/aromatic N) is 2. The quantitative estimate of drug-likeness (QED) is 0.139. The van der Waals surface area contributed by atoms with Gasteiger partial charge in [0.25, 0.3) is 0 Å². The fourth-order valence-corrected chi connectivity index (χ4v) is 4.44. The van der Waals surface area contributed by atoms with Gasteiger partial charge in [0.1, 0.15) is 16.9 Å². The van der Waals surface area contributed by atoms with Gasteiger partial charge in [-0.1, -0.05) is 120 Å². The molecule has 4 heteroatoms. The van der Waals surface area contributed by atoms with E-state index in [-0.39, 0.29) is 11.1 Å². The van der Waals surface area contributed by atoms with Gasteiger partial charge < -0.3 is 10.0 Å². The van der Waals surface area contributed by atoms with Gasteiger partial charge in [-0.25, -0.2) is 0 Å². The zero-order chi connectivity index (χ0) is 19.7. The molecule has 0 amide bonds. The lowest BCUT2D eigenvalue weighted by Crippen LogP contribution is -2.37. The van der Waals surface area contributed by atoms with Crippen molar-refractivity contribution in [2.75, 3.05) is 13.1 Å². The minimum atomic E-state index is -0.378. The van der Waals surface area contributed by atoms with Crippen LogP contribution in [0.1, 0.15) is 117 Å². The van der Waals surface area contributed by atoms with E-state index in [0.717, 1.165) is 31.8 Å². The molecule has 160 valence electrons. The van der Waals surface area contributed by atoms with E-state index < -0.39 is 0 Å². The standard InChI is InChI=1S/C23H45BrN2O/c1-3-5-7-8-9-10-11-12-13-14-15-16-17-18-21(27)23-25-22(24)20-26(23)19-6-4-2/h21-22,27H,3-20H2,1-2H3. The molecule has 0 aliphatic carbocycles. The Bertz CT molecular complexity index is 375. The summed E-state index contributed by atoms with van der Waals surface area (Å²) in [5.41, 5.74) is 0. The molecule has 0 fully saturated rings. The summed E-state index contributed by atoms with van der Waals surface area (Å²) < 4.78 is 0. The van der Waals surface area contributed by atoms with Crippen molar-refractivity contribution < 1.29 is 5.11 Å². The van der Waals surface area contributed by atoms with Gasteiger partial charge >= 0.3 is 0 Å². The van der Waals surface area contributed by atoms with E-state index in [1.54, 1.807) is 0 Å². The number of aliphatic hydroxyl groups is 1. The number of hydrogen-bond donors (Lipinski definition) is 1. The fourth-order valence-electron chi connectivity index (χ4n) is 3.88. The molecule has 1 rings (SSSR count). The summed E-state index contributed by atoms with van der Waals surface area (Å²) in [4.78, 5) is 7.04. The second kappa shape index (κ2) is 16.8. The Labute approximate surface area is 177 Å². The highest BCUT2D eigenvalue weighted by Crippen LogP contribution is 2.20. The Morgan fingerprint density at radius 2 is 1.33 bits per heavy atom. The van der Waals surface area contributed by atoms with Crippen molar-refractivity contribution >= 4 is 21.8 Å². The van der Waals surface area contributed by atoms with Crippen LogP contribution in [0.15, 0.2) is 4.99 Å². The molecule has 27 heavy (non-hydrogen) atoms. The Morgan fingerprint density at radius 3 is 1.85 bits per heavy atom. The lowest BCUT2D eigenvalue weighted by molar-refractivity contribution is 0.208. The third-order valence-electron chi connectivity index (χ3n) is 5.63. The average molecular weight is 446 g/mol. The molecular formula is C23H45BrN2O. The number of aliphatic hydroxyl groups excluding tert-OH is 1. The molecule has 2 atom stereocenters. The number of amidine groups is 1. The second-order valence-electron chi connectivity index (χ2n) is 8.27. The zero-order valence-corrected chi connectivity index (χ0v) is 19.7. The van der Waals surface area contributed by atoms with Crippen molar-refractivity contribution in [3.8, 4) is 0 Å². The van der Waals surface area contributed by atoms with Crippen LogP contribution in [-0.4, -0.2) is 40.0 Å². The van der Waals surface area contributed by atoms with Crippen molar-refractivity contribution in [2.24, 2.45) is 4.99 Å². The highest BCUT2D eigenvalue weighted by molar-refractivity contribution is 9.09. The Balaban J connectivity index is 1.96. The van der Waals surface area contributed by atoms with Crippen molar-refractivity contribution in [1.29, 1.82) is 0 Å². The van der Waals surface area contributed by atoms with E-state index in [4.69, 9.17) is 0 Å². The molecule has 0 aromatic heterocycles. The minimum absolute atomic E-state index is 0.158. The molecule has 0 saturated carbocycles. The van der Waals surface area contributed by atoms with Crippen LogP contribution >= 0.6 is 15.9 Å². The van der Waals surface area contributed by atoms with E-state index in [1.807, 2.05) is 0 Å².